The van der Waals surface area contributed by atoms with E-state index in [4.69, 9.17) is 34.8 Å². The maximum absolute atomic E-state index is 14.9. The highest BCUT2D eigenvalue weighted by Gasteiger charge is 2.41. The lowest BCUT2D eigenvalue weighted by Crippen LogP contribution is -2.19. The first-order valence-electron chi connectivity index (χ1n) is 10.3. The molecule has 1 nitrogen and oxygen atoms in total. The molecule has 0 aliphatic carbocycles. The van der Waals surface area contributed by atoms with E-state index >= 15 is 0 Å². The van der Waals surface area contributed by atoms with Gasteiger partial charge in [0.2, 0.25) is 0 Å². The van der Waals surface area contributed by atoms with Crippen LogP contribution in [0.2, 0.25) is 15.1 Å². The zero-order chi connectivity index (χ0) is 29.1. The number of allylic oxidation sites excluding steroid dienone is 1. The monoisotopic (exact) mass is 634 g/mol. The van der Waals surface area contributed by atoms with Gasteiger partial charge in [0.25, 0.3) is 0 Å². The molecule has 0 saturated heterocycles. The summed E-state index contributed by atoms with van der Waals surface area (Å²) in [5.74, 6) is -6.76. The van der Waals surface area contributed by atoms with E-state index in [1.165, 1.54) is 0 Å². The van der Waals surface area contributed by atoms with Crippen LogP contribution in [-0.2, 0) is 6.18 Å². The number of thioether (sulfide) groups is 1. The predicted molar refractivity (Wildman–Crippen MR) is 128 cm³/mol. The van der Waals surface area contributed by atoms with Crippen molar-refractivity contribution in [2.75, 3.05) is 11.5 Å². The molecule has 0 N–H and O–H groups in total. The Hall–Kier alpha value is -1.63. The lowest BCUT2D eigenvalue weighted by atomic mass is 9.94. The SMILES string of the molecule is O=C(CCCSCC(F)(F)F)c1ccc(/C(F)=C/C(c2cc(Cl)c(Cl)c(Cl)c2)C(F)(F)F)cc1C(F)(F)F. The summed E-state index contributed by atoms with van der Waals surface area (Å²) in [6, 6.07) is 3.06. The minimum absolute atomic E-state index is 0.0325. The van der Waals surface area contributed by atoms with Gasteiger partial charge in [-0.15, -0.1) is 0 Å². The predicted octanol–water partition coefficient (Wildman–Crippen LogP) is 10.6. The molecule has 0 fully saturated rings. The van der Waals surface area contributed by atoms with Gasteiger partial charge >= 0.3 is 18.5 Å². The van der Waals surface area contributed by atoms with Crippen molar-refractivity contribution in [2.24, 2.45) is 0 Å². The molecule has 0 spiro atoms. The largest absolute Gasteiger partial charge is 0.417 e. The van der Waals surface area contributed by atoms with E-state index in [-0.39, 0.29) is 39.4 Å². The standard InChI is InChI=1S/C23H15Cl3F10OS/c24-16-7-12(8-17(25)20(16)26)14(22(31,32)33)9-18(27)11-3-4-13(15(6-11)23(34,35)36)19(37)2-1-5-38-10-21(28,29)30/h3-4,6-9,14H,1-2,5,10H2/b18-9-. The Morgan fingerprint density at radius 3 is 2.00 bits per heavy atom. The number of benzene rings is 2. The topological polar surface area (TPSA) is 17.1 Å². The summed E-state index contributed by atoms with van der Waals surface area (Å²) in [5, 5.41) is -0.982. The third-order valence-corrected chi connectivity index (χ3v) is 7.20. The summed E-state index contributed by atoms with van der Waals surface area (Å²) < 4.78 is 133. The zero-order valence-electron chi connectivity index (χ0n) is 18.6. The second-order valence-electron chi connectivity index (χ2n) is 7.79. The number of rotatable bonds is 9. The maximum atomic E-state index is 14.9. The minimum Gasteiger partial charge on any atom is -0.294 e. The van der Waals surface area contributed by atoms with Gasteiger partial charge < -0.3 is 0 Å². The molecule has 2 aromatic rings. The molecule has 15 heteroatoms. The van der Waals surface area contributed by atoms with Crippen molar-refractivity contribution >= 4 is 58.2 Å². The molecule has 2 rings (SSSR count). The first-order valence-corrected chi connectivity index (χ1v) is 12.6. The average molecular weight is 636 g/mol. The van der Waals surface area contributed by atoms with E-state index in [1.807, 2.05) is 0 Å². The van der Waals surface area contributed by atoms with E-state index in [2.05, 4.69) is 0 Å². The van der Waals surface area contributed by atoms with Crippen molar-refractivity contribution in [3.05, 3.63) is 73.7 Å². The smallest absolute Gasteiger partial charge is 0.294 e. The fraction of sp³-hybridized carbons (Fsp3) is 0.348. The molecule has 0 aromatic heterocycles. The summed E-state index contributed by atoms with van der Waals surface area (Å²) in [4.78, 5) is 12.3. The third-order valence-electron chi connectivity index (χ3n) is 4.89. The van der Waals surface area contributed by atoms with Gasteiger partial charge in [-0.3, -0.25) is 4.79 Å². The number of ketones is 1. The number of carbonyl (C=O) groups is 1. The highest BCUT2D eigenvalue weighted by atomic mass is 35.5. The van der Waals surface area contributed by atoms with E-state index in [9.17, 15) is 48.7 Å². The van der Waals surface area contributed by atoms with Gasteiger partial charge in [-0.25, -0.2) is 4.39 Å². The van der Waals surface area contributed by atoms with Crippen LogP contribution in [0.4, 0.5) is 43.9 Å². The highest BCUT2D eigenvalue weighted by molar-refractivity contribution is 7.99. The summed E-state index contributed by atoms with van der Waals surface area (Å²) in [7, 11) is 0. The Kier molecular flexibility index (Phi) is 10.9. The lowest BCUT2D eigenvalue weighted by Gasteiger charge is -2.19. The second kappa shape index (κ2) is 12.7. The highest BCUT2D eigenvalue weighted by Crippen LogP contribution is 2.43. The van der Waals surface area contributed by atoms with Gasteiger partial charge in [0.05, 0.1) is 26.4 Å². The van der Waals surface area contributed by atoms with Crippen LogP contribution in [0.3, 0.4) is 0 Å². The van der Waals surface area contributed by atoms with E-state index in [0.717, 1.165) is 12.1 Å². The number of Topliss-reactive ketones (excluding diaryl/α,β-unsaturated/α-hetero) is 1. The van der Waals surface area contributed by atoms with Gasteiger partial charge in [-0.1, -0.05) is 46.9 Å². The summed E-state index contributed by atoms with van der Waals surface area (Å²) in [5.41, 5.74) is -4.01. The number of carbonyl (C=O) groups excluding carboxylic acids is 1. The second-order valence-corrected chi connectivity index (χ2v) is 10.1. The van der Waals surface area contributed by atoms with Crippen molar-refractivity contribution in [3.63, 3.8) is 0 Å². The molecular weight excluding hydrogens is 621 g/mol. The Morgan fingerprint density at radius 1 is 0.921 bits per heavy atom. The molecule has 1 atom stereocenters. The molecule has 0 saturated carbocycles. The first-order chi connectivity index (χ1) is 17.3. The molecule has 0 amide bonds. The average Bonchev–Trinajstić information content (AvgIpc) is 2.77. The fourth-order valence-electron chi connectivity index (χ4n) is 3.20. The molecule has 0 heterocycles. The molecule has 2 aromatic carbocycles. The number of hydrogen-bond acceptors (Lipinski definition) is 2. The Bertz CT molecular complexity index is 1170. The molecule has 0 aliphatic rings. The van der Waals surface area contributed by atoms with Crippen LogP contribution >= 0.6 is 46.6 Å². The van der Waals surface area contributed by atoms with Crippen LogP contribution in [0.1, 0.15) is 45.8 Å². The van der Waals surface area contributed by atoms with Crippen LogP contribution in [-0.4, -0.2) is 29.6 Å². The van der Waals surface area contributed by atoms with Crippen molar-refractivity contribution in [2.45, 2.75) is 37.3 Å². The van der Waals surface area contributed by atoms with Gasteiger partial charge in [-0.2, -0.15) is 51.3 Å². The zero-order valence-corrected chi connectivity index (χ0v) is 21.7. The first kappa shape index (κ1) is 32.6. The van der Waals surface area contributed by atoms with Crippen LogP contribution in [0.5, 0.6) is 0 Å². The molecule has 0 bridgehead atoms. The van der Waals surface area contributed by atoms with Crippen molar-refractivity contribution in [1.29, 1.82) is 0 Å². The molecule has 0 aliphatic heterocycles. The van der Waals surface area contributed by atoms with Crippen LogP contribution in [0, 0.1) is 0 Å². The number of halogens is 13. The van der Waals surface area contributed by atoms with Crippen LogP contribution < -0.4 is 0 Å². The van der Waals surface area contributed by atoms with E-state index in [0.29, 0.717) is 23.9 Å². The maximum Gasteiger partial charge on any atom is 0.417 e. The molecular formula is C23H15Cl3F10OS. The molecule has 1 unspecified atom stereocenters. The van der Waals surface area contributed by atoms with E-state index in [1.54, 1.807) is 0 Å². The normalized spacial score (nSPS) is 14.1. The molecule has 38 heavy (non-hydrogen) atoms. The summed E-state index contributed by atoms with van der Waals surface area (Å²) in [6.07, 6.45) is -15.4. The van der Waals surface area contributed by atoms with Crippen molar-refractivity contribution in [1.82, 2.24) is 0 Å². The summed E-state index contributed by atoms with van der Waals surface area (Å²) >= 11 is 17.7. The van der Waals surface area contributed by atoms with Crippen molar-refractivity contribution < 1.29 is 48.7 Å². The van der Waals surface area contributed by atoms with Gasteiger partial charge in [0.15, 0.2) is 5.78 Å². The lowest BCUT2D eigenvalue weighted by molar-refractivity contribution is -0.140. The molecule has 210 valence electrons. The Morgan fingerprint density at radius 2 is 1.50 bits per heavy atom. The number of hydrogen-bond donors (Lipinski definition) is 0. The van der Waals surface area contributed by atoms with Crippen LogP contribution in [0.25, 0.3) is 5.83 Å². The van der Waals surface area contributed by atoms with Gasteiger partial charge in [0.1, 0.15) is 11.7 Å². The van der Waals surface area contributed by atoms with E-state index < -0.39 is 70.5 Å². The Balaban J connectivity index is 2.38. The van der Waals surface area contributed by atoms with Gasteiger partial charge in [-0.05, 0) is 42.0 Å². The summed E-state index contributed by atoms with van der Waals surface area (Å²) in [6.45, 7) is 0. The van der Waals surface area contributed by atoms with Gasteiger partial charge in [0, 0.05) is 17.5 Å². The number of alkyl halides is 9. The minimum atomic E-state index is -5.19. The third kappa shape index (κ3) is 9.24. The Labute approximate surface area is 229 Å². The molecule has 0 radical (unpaired) electrons. The van der Waals surface area contributed by atoms with Crippen molar-refractivity contribution in [3.8, 4) is 0 Å². The fourth-order valence-corrected chi connectivity index (χ4v) is 4.54. The quantitative estimate of drug-likeness (QED) is 0.118. The van der Waals surface area contributed by atoms with Crippen LogP contribution in [0.15, 0.2) is 36.4 Å².